The maximum atomic E-state index is 12.1. The van der Waals surface area contributed by atoms with Crippen molar-refractivity contribution in [2.75, 3.05) is 0 Å². The summed E-state index contributed by atoms with van der Waals surface area (Å²) in [4.78, 5) is 32.3. The number of nitro benzene ring substituents is 2. The topological polar surface area (TPSA) is 115 Å². The number of hydrogen-bond donors (Lipinski definition) is 1. The average molecular weight is 323 g/mol. The van der Waals surface area contributed by atoms with E-state index in [9.17, 15) is 25.0 Å². The van der Waals surface area contributed by atoms with Crippen LogP contribution in [-0.2, 0) is 0 Å². The molecule has 126 valence electrons. The standard InChI is InChI=1S/C15H21N3O5/c1-10(2)5-4-6-11(3)16-15(19)12-7-13(17(20)21)9-14(8-12)18(22)23/h7-11H,4-6H2,1-3H3,(H,16,19). The fourth-order valence-corrected chi connectivity index (χ4v) is 2.15. The summed E-state index contributed by atoms with van der Waals surface area (Å²) in [7, 11) is 0. The Morgan fingerprint density at radius 1 is 1.04 bits per heavy atom. The predicted molar refractivity (Wildman–Crippen MR) is 85.4 cm³/mol. The Hall–Kier alpha value is -2.51. The highest BCUT2D eigenvalue weighted by Gasteiger charge is 2.20. The van der Waals surface area contributed by atoms with Gasteiger partial charge in [-0.05, 0) is 19.3 Å². The summed E-state index contributed by atoms with van der Waals surface area (Å²) in [6.07, 6.45) is 2.78. The van der Waals surface area contributed by atoms with E-state index in [1.54, 1.807) is 0 Å². The summed E-state index contributed by atoms with van der Waals surface area (Å²) in [6.45, 7) is 6.07. The molecular formula is C15H21N3O5. The fraction of sp³-hybridized carbons (Fsp3) is 0.533. The molecule has 0 aliphatic carbocycles. The summed E-state index contributed by atoms with van der Waals surface area (Å²) in [6, 6.07) is 2.81. The maximum Gasteiger partial charge on any atom is 0.277 e. The minimum atomic E-state index is -0.754. The molecule has 1 rings (SSSR count). The van der Waals surface area contributed by atoms with Crippen LogP contribution in [0, 0.1) is 26.1 Å². The summed E-state index contributed by atoms with van der Waals surface area (Å²) < 4.78 is 0. The molecule has 0 aliphatic heterocycles. The van der Waals surface area contributed by atoms with Gasteiger partial charge in [0.05, 0.1) is 21.5 Å². The summed E-state index contributed by atoms with van der Waals surface area (Å²) in [5.41, 5.74) is -1.03. The molecule has 1 N–H and O–H groups in total. The third-order valence-corrected chi connectivity index (χ3v) is 3.38. The number of nitro groups is 2. The van der Waals surface area contributed by atoms with Crippen molar-refractivity contribution in [3.8, 4) is 0 Å². The summed E-state index contributed by atoms with van der Waals surface area (Å²) in [5.74, 6) is 0.0335. The van der Waals surface area contributed by atoms with Gasteiger partial charge in [-0.15, -0.1) is 0 Å². The molecule has 0 fully saturated rings. The average Bonchev–Trinajstić information content (AvgIpc) is 2.46. The lowest BCUT2D eigenvalue weighted by Gasteiger charge is -2.14. The molecule has 0 aliphatic rings. The van der Waals surface area contributed by atoms with E-state index in [0.717, 1.165) is 37.5 Å². The van der Waals surface area contributed by atoms with Gasteiger partial charge < -0.3 is 5.32 Å². The lowest BCUT2D eigenvalue weighted by molar-refractivity contribution is -0.394. The predicted octanol–water partition coefficient (Wildman–Crippen LogP) is 3.45. The molecule has 0 spiro atoms. The Morgan fingerprint density at radius 3 is 2.00 bits per heavy atom. The van der Waals surface area contributed by atoms with Crippen molar-refractivity contribution in [3.63, 3.8) is 0 Å². The number of hydrogen-bond acceptors (Lipinski definition) is 5. The van der Waals surface area contributed by atoms with E-state index in [1.165, 1.54) is 0 Å². The van der Waals surface area contributed by atoms with Gasteiger partial charge >= 0.3 is 0 Å². The molecule has 0 aromatic heterocycles. The molecular weight excluding hydrogens is 302 g/mol. The molecule has 0 radical (unpaired) electrons. The minimum Gasteiger partial charge on any atom is -0.350 e. The van der Waals surface area contributed by atoms with Gasteiger partial charge in [0.2, 0.25) is 0 Å². The van der Waals surface area contributed by atoms with Crippen molar-refractivity contribution in [2.45, 2.75) is 46.1 Å². The zero-order valence-electron chi connectivity index (χ0n) is 13.4. The highest BCUT2D eigenvalue weighted by atomic mass is 16.6. The second kappa shape index (κ2) is 8.21. The number of carbonyl (C=O) groups is 1. The maximum absolute atomic E-state index is 12.1. The number of nitrogens with zero attached hydrogens (tertiary/aromatic N) is 2. The Morgan fingerprint density at radius 2 is 1.57 bits per heavy atom. The number of rotatable bonds is 8. The van der Waals surface area contributed by atoms with Crippen LogP contribution in [0.5, 0.6) is 0 Å². The fourth-order valence-electron chi connectivity index (χ4n) is 2.15. The normalized spacial score (nSPS) is 12.0. The second-order valence-corrected chi connectivity index (χ2v) is 5.95. The van der Waals surface area contributed by atoms with E-state index in [-0.39, 0.29) is 11.6 Å². The van der Waals surface area contributed by atoms with Gasteiger partial charge in [-0.25, -0.2) is 0 Å². The van der Waals surface area contributed by atoms with Crippen LogP contribution in [0.1, 0.15) is 50.4 Å². The van der Waals surface area contributed by atoms with Crippen LogP contribution < -0.4 is 5.32 Å². The van der Waals surface area contributed by atoms with Gasteiger partial charge in [-0.1, -0.05) is 26.7 Å². The van der Waals surface area contributed by atoms with Crippen LogP contribution in [0.3, 0.4) is 0 Å². The molecule has 8 heteroatoms. The van der Waals surface area contributed by atoms with E-state index in [2.05, 4.69) is 19.2 Å². The number of non-ortho nitro benzene ring substituents is 2. The Kier molecular flexibility index (Phi) is 6.62. The van der Waals surface area contributed by atoms with Gasteiger partial charge in [0.1, 0.15) is 0 Å². The summed E-state index contributed by atoms with van der Waals surface area (Å²) in [5, 5.41) is 24.4. The highest BCUT2D eigenvalue weighted by molar-refractivity contribution is 5.95. The molecule has 23 heavy (non-hydrogen) atoms. The van der Waals surface area contributed by atoms with Crippen molar-refractivity contribution in [3.05, 3.63) is 44.0 Å². The van der Waals surface area contributed by atoms with Gasteiger partial charge in [-0.2, -0.15) is 0 Å². The number of carbonyl (C=O) groups excluding carboxylic acids is 1. The van der Waals surface area contributed by atoms with Gasteiger partial charge in [0.25, 0.3) is 17.3 Å². The van der Waals surface area contributed by atoms with E-state index in [0.29, 0.717) is 5.92 Å². The molecule has 0 saturated carbocycles. The van der Waals surface area contributed by atoms with Gasteiger partial charge in [-0.3, -0.25) is 25.0 Å². The van der Waals surface area contributed by atoms with Crippen LogP contribution in [0.2, 0.25) is 0 Å². The van der Waals surface area contributed by atoms with Crippen LogP contribution in [0.4, 0.5) is 11.4 Å². The number of amides is 1. The first-order valence-corrected chi connectivity index (χ1v) is 7.45. The van der Waals surface area contributed by atoms with Crippen molar-refractivity contribution in [1.82, 2.24) is 5.32 Å². The smallest absolute Gasteiger partial charge is 0.277 e. The molecule has 8 nitrogen and oxygen atoms in total. The molecule has 1 unspecified atom stereocenters. The SMILES string of the molecule is CC(C)CCCC(C)NC(=O)c1cc([N+](=O)[O-])cc([N+](=O)[O-])c1. The Balaban J connectivity index is 2.82. The van der Waals surface area contributed by atoms with Crippen LogP contribution >= 0.6 is 0 Å². The van der Waals surface area contributed by atoms with Crippen molar-refractivity contribution < 1.29 is 14.6 Å². The van der Waals surface area contributed by atoms with Crippen LogP contribution in [0.15, 0.2) is 18.2 Å². The number of nitrogens with one attached hydrogen (secondary N) is 1. The molecule has 1 aromatic rings. The van der Waals surface area contributed by atoms with Crippen LogP contribution in [-0.4, -0.2) is 21.8 Å². The van der Waals surface area contributed by atoms with E-state index in [4.69, 9.17) is 0 Å². The third-order valence-electron chi connectivity index (χ3n) is 3.38. The minimum absolute atomic E-state index is 0.0818. The van der Waals surface area contributed by atoms with Gasteiger partial charge in [0, 0.05) is 18.2 Å². The monoisotopic (exact) mass is 323 g/mol. The van der Waals surface area contributed by atoms with Crippen LogP contribution in [0.25, 0.3) is 0 Å². The van der Waals surface area contributed by atoms with Crippen molar-refractivity contribution in [1.29, 1.82) is 0 Å². The van der Waals surface area contributed by atoms with E-state index >= 15 is 0 Å². The molecule has 1 amide bonds. The first-order valence-electron chi connectivity index (χ1n) is 7.45. The molecule has 0 bridgehead atoms. The van der Waals surface area contributed by atoms with Crippen molar-refractivity contribution in [2.24, 2.45) is 5.92 Å². The molecule has 0 saturated heterocycles. The Bertz CT molecular complexity index is 569. The largest absolute Gasteiger partial charge is 0.350 e. The number of benzene rings is 1. The molecule has 0 heterocycles. The first kappa shape index (κ1) is 18.5. The zero-order valence-corrected chi connectivity index (χ0v) is 13.4. The molecule has 1 aromatic carbocycles. The van der Waals surface area contributed by atoms with E-state index < -0.39 is 27.1 Å². The first-order chi connectivity index (χ1) is 10.7. The quantitative estimate of drug-likeness (QED) is 0.581. The highest BCUT2D eigenvalue weighted by Crippen LogP contribution is 2.22. The zero-order chi connectivity index (χ0) is 17.6. The van der Waals surface area contributed by atoms with Crippen molar-refractivity contribution >= 4 is 17.3 Å². The second-order valence-electron chi connectivity index (χ2n) is 5.95. The third kappa shape index (κ3) is 6.01. The molecule has 1 atom stereocenters. The summed E-state index contributed by atoms with van der Waals surface area (Å²) >= 11 is 0. The lowest BCUT2D eigenvalue weighted by Crippen LogP contribution is -2.32. The lowest BCUT2D eigenvalue weighted by atomic mass is 10.0. The van der Waals surface area contributed by atoms with Gasteiger partial charge in [0.15, 0.2) is 0 Å². The Labute approximate surface area is 134 Å². The van der Waals surface area contributed by atoms with E-state index in [1.807, 2.05) is 6.92 Å².